The van der Waals surface area contributed by atoms with Crippen LogP contribution in [-0.2, 0) is 4.79 Å². The molecule has 0 bridgehead atoms. The van der Waals surface area contributed by atoms with Crippen molar-refractivity contribution in [2.75, 3.05) is 18.0 Å². The van der Waals surface area contributed by atoms with Crippen LogP contribution in [0.15, 0.2) is 18.2 Å². The molecule has 1 atom stereocenters. The van der Waals surface area contributed by atoms with Crippen LogP contribution in [-0.4, -0.2) is 34.6 Å². The minimum absolute atomic E-state index is 0.0322. The first kappa shape index (κ1) is 13.8. The van der Waals surface area contributed by atoms with Gasteiger partial charge in [0.05, 0.1) is 4.92 Å². The van der Waals surface area contributed by atoms with E-state index in [9.17, 15) is 14.9 Å². The molecule has 20 heavy (non-hydrogen) atoms. The summed E-state index contributed by atoms with van der Waals surface area (Å²) >= 11 is 0. The van der Waals surface area contributed by atoms with Crippen molar-refractivity contribution in [3.05, 3.63) is 33.9 Å². The summed E-state index contributed by atoms with van der Waals surface area (Å²) in [5.41, 5.74) is 4.57. The van der Waals surface area contributed by atoms with Crippen LogP contribution >= 0.6 is 0 Å². The SMILES string of the molecule is N#Cc1ccc(N2CCC(N)(C(=O)O)C2)cc1[N+](=O)[O-]. The fraction of sp³-hybridized carbons (Fsp3) is 0.333. The van der Waals surface area contributed by atoms with Crippen LogP contribution in [0.5, 0.6) is 0 Å². The number of carboxylic acid groups (broad SMARTS) is 1. The Kier molecular flexibility index (Phi) is 3.29. The molecular weight excluding hydrogens is 264 g/mol. The summed E-state index contributed by atoms with van der Waals surface area (Å²) in [6.45, 7) is 0.469. The molecule has 0 spiro atoms. The molecule has 1 aliphatic rings. The number of carbonyl (C=O) groups is 1. The molecule has 1 aromatic carbocycles. The number of anilines is 1. The first-order chi connectivity index (χ1) is 9.37. The Morgan fingerprint density at radius 2 is 2.30 bits per heavy atom. The smallest absolute Gasteiger partial charge is 0.325 e. The minimum atomic E-state index is -1.34. The van der Waals surface area contributed by atoms with Crippen LogP contribution in [0.4, 0.5) is 11.4 Å². The van der Waals surface area contributed by atoms with Crippen molar-refractivity contribution in [1.82, 2.24) is 0 Å². The molecule has 0 saturated carbocycles. The van der Waals surface area contributed by atoms with Gasteiger partial charge in [0.1, 0.15) is 17.2 Å². The monoisotopic (exact) mass is 276 g/mol. The van der Waals surface area contributed by atoms with Crippen LogP contribution in [0.25, 0.3) is 0 Å². The predicted molar refractivity (Wildman–Crippen MR) is 69.2 cm³/mol. The maximum Gasteiger partial charge on any atom is 0.325 e. The van der Waals surface area contributed by atoms with E-state index in [1.807, 2.05) is 0 Å². The highest BCUT2D eigenvalue weighted by Crippen LogP contribution is 2.30. The number of hydrogen-bond acceptors (Lipinski definition) is 6. The van der Waals surface area contributed by atoms with Gasteiger partial charge in [0, 0.05) is 24.8 Å². The van der Waals surface area contributed by atoms with E-state index < -0.39 is 16.4 Å². The number of nitro benzene ring substituents is 1. The fourth-order valence-corrected chi connectivity index (χ4v) is 2.19. The molecule has 3 N–H and O–H groups in total. The third-order valence-corrected chi connectivity index (χ3v) is 3.39. The van der Waals surface area contributed by atoms with E-state index in [0.717, 1.165) is 0 Å². The average molecular weight is 276 g/mol. The summed E-state index contributed by atoms with van der Waals surface area (Å²) in [4.78, 5) is 23.0. The van der Waals surface area contributed by atoms with Gasteiger partial charge in [-0.25, -0.2) is 0 Å². The molecule has 0 amide bonds. The van der Waals surface area contributed by atoms with Crippen LogP contribution in [0.2, 0.25) is 0 Å². The van der Waals surface area contributed by atoms with Gasteiger partial charge in [-0.3, -0.25) is 14.9 Å². The Hall–Kier alpha value is -2.66. The van der Waals surface area contributed by atoms with Gasteiger partial charge in [-0.2, -0.15) is 5.26 Å². The Balaban J connectivity index is 2.32. The van der Waals surface area contributed by atoms with Crippen molar-refractivity contribution < 1.29 is 14.8 Å². The lowest BCUT2D eigenvalue weighted by Crippen LogP contribution is -2.50. The van der Waals surface area contributed by atoms with E-state index in [4.69, 9.17) is 16.1 Å². The quantitative estimate of drug-likeness (QED) is 0.604. The van der Waals surface area contributed by atoms with Crippen LogP contribution < -0.4 is 10.6 Å². The Labute approximate surface area is 114 Å². The van der Waals surface area contributed by atoms with Crippen molar-refractivity contribution in [3.8, 4) is 6.07 Å². The maximum atomic E-state index is 11.1. The fourth-order valence-electron chi connectivity index (χ4n) is 2.19. The predicted octanol–water partition coefficient (Wildman–Crippen LogP) is 0.459. The van der Waals surface area contributed by atoms with Gasteiger partial charge < -0.3 is 15.7 Å². The molecule has 8 heteroatoms. The molecule has 104 valence electrons. The first-order valence-electron chi connectivity index (χ1n) is 5.83. The number of rotatable bonds is 3. The number of carboxylic acids is 1. The number of nitriles is 1. The zero-order valence-corrected chi connectivity index (χ0v) is 10.4. The number of nitrogens with two attached hydrogens (primary N) is 1. The summed E-state index contributed by atoms with van der Waals surface area (Å²) in [6.07, 6.45) is 0.260. The molecule has 0 radical (unpaired) electrons. The molecule has 0 aliphatic carbocycles. The summed E-state index contributed by atoms with van der Waals surface area (Å²) in [5, 5.41) is 28.8. The molecule has 1 aromatic rings. The van der Waals surface area contributed by atoms with Crippen LogP contribution in [0, 0.1) is 21.4 Å². The molecule has 0 aromatic heterocycles. The molecule has 1 unspecified atom stereocenters. The molecule has 1 fully saturated rings. The number of hydrogen-bond donors (Lipinski definition) is 2. The van der Waals surface area contributed by atoms with E-state index in [1.54, 1.807) is 17.0 Å². The summed E-state index contributed by atoms with van der Waals surface area (Å²) in [5.74, 6) is -1.09. The van der Waals surface area contributed by atoms with Crippen molar-refractivity contribution >= 4 is 17.3 Å². The van der Waals surface area contributed by atoms with Crippen molar-refractivity contribution in [2.45, 2.75) is 12.0 Å². The second-order valence-electron chi connectivity index (χ2n) is 4.70. The third kappa shape index (κ3) is 2.26. The maximum absolute atomic E-state index is 11.1. The average Bonchev–Trinajstić information content (AvgIpc) is 2.82. The molecule has 2 rings (SSSR count). The second-order valence-corrected chi connectivity index (χ2v) is 4.70. The number of nitrogens with zero attached hydrogens (tertiary/aromatic N) is 3. The van der Waals surface area contributed by atoms with Gasteiger partial charge >= 0.3 is 5.97 Å². The van der Waals surface area contributed by atoms with Crippen molar-refractivity contribution in [2.24, 2.45) is 5.73 Å². The van der Waals surface area contributed by atoms with Gasteiger partial charge in [-0.15, -0.1) is 0 Å². The van der Waals surface area contributed by atoms with Crippen LogP contribution in [0.1, 0.15) is 12.0 Å². The third-order valence-electron chi connectivity index (χ3n) is 3.39. The molecule has 1 saturated heterocycles. The minimum Gasteiger partial charge on any atom is -0.480 e. The Morgan fingerprint density at radius 1 is 1.60 bits per heavy atom. The lowest BCUT2D eigenvalue weighted by atomic mass is 10.0. The number of nitro groups is 1. The summed E-state index contributed by atoms with van der Waals surface area (Å²) in [7, 11) is 0. The van der Waals surface area contributed by atoms with E-state index in [1.165, 1.54) is 12.1 Å². The van der Waals surface area contributed by atoms with E-state index in [0.29, 0.717) is 12.2 Å². The molecule has 1 heterocycles. The Bertz CT molecular complexity index is 624. The van der Waals surface area contributed by atoms with E-state index in [2.05, 4.69) is 0 Å². The first-order valence-corrected chi connectivity index (χ1v) is 5.83. The normalized spacial score (nSPS) is 21.5. The van der Waals surface area contributed by atoms with E-state index in [-0.39, 0.29) is 24.2 Å². The van der Waals surface area contributed by atoms with E-state index >= 15 is 0 Å². The largest absolute Gasteiger partial charge is 0.480 e. The van der Waals surface area contributed by atoms with Gasteiger partial charge in [0.25, 0.3) is 5.69 Å². The standard InChI is InChI=1S/C12H12N4O4/c13-6-8-1-2-9(5-10(8)16(19)20)15-4-3-12(14,7-15)11(17)18/h1-2,5H,3-4,7,14H2,(H,17,18). The molecular formula is C12H12N4O4. The lowest BCUT2D eigenvalue weighted by molar-refractivity contribution is -0.385. The highest BCUT2D eigenvalue weighted by atomic mass is 16.6. The molecule has 8 nitrogen and oxygen atoms in total. The second kappa shape index (κ2) is 4.79. The van der Waals surface area contributed by atoms with Gasteiger partial charge in [0.2, 0.25) is 0 Å². The highest BCUT2D eigenvalue weighted by Gasteiger charge is 2.41. The molecule has 1 aliphatic heterocycles. The summed E-state index contributed by atoms with van der Waals surface area (Å²) in [6, 6.07) is 5.93. The van der Waals surface area contributed by atoms with Gasteiger partial charge in [-0.05, 0) is 18.6 Å². The summed E-state index contributed by atoms with van der Waals surface area (Å²) < 4.78 is 0. The topological polar surface area (TPSA) is 133 Å². The lowest BCUT2D eigenvalue weighted by Gasteiger charge is -2.21. The Morgan fingerprint density at radius 3 is 2.80 bits per heavy atom. The highest BCUT2D eigenvalue weighted by molar-refractivity contribution is 5.81. The zero-order valence-electron chi connectivity index (χ0n) is 10.4. The van der Waals surface area contributed by atoms with Gasteiger partial charge in [-0.1, -0.05) is 0 Å². The van der Waals surface area contributed by atoms with Crippen LogP contribution in [0.3, 0.4) is 0 Å². The zero-order chi connectivity index (χ0) is 14.9. The number of benzene rings is 1. The van der Waals surface area contributed by atoms with Gasteiger partial charge in [0.15, 0.2) is 0 Å². The van der Waals surface area contributed by atoms with Crippen molar-refractivity contribution in [3.63, 3.8) is 0 Å². The number of aliphatic carboxylic acids is 1. The van der Waals surface area contributed by atoms with Crippen molar-refractivity contribution in [1.29, 1.82) is 5.26 Å².